The van der Waals surface area contributed by atoms with Gasteiger partial charge in [-0.1, -0.05) is 41.7 Å². The molecule has 1 unspecified atom stereocenters. The quantitative estimate of drug-likeness (QED) is 0.854. The fourth-order valence-electron chi connectivity index (χ4n) is 1.33. The molecule has 0 radical (unpaired) electrons. The lowest BCUT2D eigenvalue weighted by Crippen LogP contribution is -2.14. The van der Waals surface area contributed by atoms with Crippen LogP contribution in [0.25, 0.3) is 10.4 Å². The molecule has 0 saturated heterocycles. The highest BCUT2D eigenvalue weighted by atomic mass is 32.1. The first-order valence-corrected chi connectivity index (χ1v) is 6.00. The first-order chi connectivity index (χ1) is 7.75. The first kappa shape index (κ1) is 11.1. The molecule has 2 N–H and O–H groups in total. The molecular weight excluding hydrogens is 220 g/mol. The van der Waals surface area contributed by atoms with Gasteiger partial charge in [0.05, 0.1) is 11.0 Å². The number of rotatable bonds is 4. The summed E-state index contributed by atoms with van der Waals surface area (Å²) in [6, 6.07) is 10.1. The van der Waals surface area contributed by atoms with Gasteiger partial charge in [0.25, 0.3) is 0 Å². The Kier molecular flexibility index (Phi) is 3.54. The zero-order valence-electron chi connectivity index (χ0n) is 9.05. The number of aliphatic hydroxyl groups is 1. The Morgan fingerprint density at radius 1 is 1.38 bits per heavy atom. The van der Waals surface area contributed by atoms with Gasteiger partial charge in [0.15, 0.2) is 5.13 Å². The van der Waals surface area contributed by atoms with Gasteiger partial charge in [-0.25, -0.2) is 4.98 Å². The number of aromatic nitrogens is 1. The van der Waals surface area contributed by atoms with Crippen LogP contribution in [-0.4, -0.2) is 22.7 Å². The molecule has 3 nitrogen and oxygen atoms in total. The number of hydrogen-bond acceptors (Lipinski definition) is 4. The van der Waals surface area contributed by atoms with E-state index >= 15 is 0 Å². The van der Waals surface area contributed by atoms with Crippen LogP contribution in [0, 0.1) is 0 Å². The van der Waals surface area contributed by atoms with Gasteiger partial charge in [0.1, 0.15) is 0 Å². The highest BCUT2D eigenvalue weighted by Gasteiger charge is 2.04. The van der Waals surface area contributed by atoms with Gasteiger partial charge < -0.3 is 10.4 Å². The summed E-state index contributed by atoms with van der Waals surface area (Å²) in [7, 11) is 0. The summed E-state index contributed by atoms with van der Waals surface area (Å²) in [6.07, 6.45) is 1.49. The summed E-state index contributed by atoms with van der Waals surface area (Å²) < 4.78 is 0. The molecule has 0 amide bonds. The average molecular weight is 234 g/mol. The van der Waals surface area contributed by atoms with Gasteiger partial charge in [-0.2, -0.15) is 0 Å². The number of hydrogen-bond donors (Lipinski definition) is 2. The van der Waals surface area contributed by atoms with Gasteiger partial charge in [-0.05, 0) is 12.5 Å². The Bertz CT molecular complexity index is 439. The highest BCUT2D eigenvalue weighted by molar-refractivity contribution is 7.18. The number of nitrogens with one attached hydrogen (secondary N) is 1. The third kappa shape index (κ3) is 2.81. The molecule has 0 aliphatic rings. The van der Waals surface area contributed by atoms with Gasteiger partial charge in [0, 0.05) is 12.7 Å². The topological polar surface area (TPSA) is 45.1 Å². The maximum atomic E-state index is 9.15. The SMILES string of the molecule is CC(O)CNc1ncc(-c2ccccc2)s1. The summed E-state index contributed by atoms with van der Waals surface area (Å²) in [6.45, 7) is 2.28. The van der Waals surface area contributed by atoms with Crippen LogP contribution < -0.4 is 5.32 Å². The minimum atomic E-state index is -0.357. The lowest BCUT2D eigenvalue weighted by molar-refractivity contribution is 0.208. The Labute approximate surface area is 98.8 Å². The van der Waals surface area contributed by atoms with Crippen molar-refractivity contribution in [2.45, 2.75) is 13.0 Å². The van der Waals surface area contributed by atoms with Crippen molar-refractivity contribution in [3.05, 3.63) is 36.5 Å². The third-order valence-electron chi connectivity index (χ3n) is 2.11. The Morgan fingerprint density at radius 3 is 2.81 bits per heavy atom. The molecular formula is C12H14N2OS. The van der Waals surface area contributed by atoms with Crippen molar-refractivity contribution < 1.29 is 5.11 Å². The van der Waals surface area contributed by atoms with E-state index < -0.39 is 0 Å². The Hall–Kier alpha value is -1.39. The largest absolute Gasteiger partial charge is 0.392 e. The van der Waals surface area contributed by atoms with Crippen LogP contribution in [0.5, 0.6) is 0 Å². The van der Waals surface area contributed by atoms with Gasteiger partial charge in [-0.15, -0.1) is 0 Å². The smallest absolute Gasteiger partial charge is 0.183 e. The van der Waals surface area contributed by atoms with Crippen LogP contribution in [0.15, 0.2) is 36.5 Å². The van der Waals surface area contributed by atoms with E-state index in [1.807, 2.05) is 24.4 Å². The number of aliphatic hydroxyl groups excluding tert-OH is 1. The van der Waals surface area contributed by atoms with Crippen LogP contribution in [0.3, 0.4) is 0 Å². The van der Waals surface area contributed by atoms with E-state index in [-0.39, 0.29) is 6.10 Å². The molecule has 1 aromatic heterocycles. The molecule has 0 fully saturated rings. The summed E-state index contributed by atoms with van der Waals surface area (Å²) in [5, 5.41) is 13.1. The Balaban J connectivity index is 2.08. The van der Waals surface area contributed by atoms with Crippen LogP contribution in [0.1, 0.15) is 6.92 Å². The molecule has 84 valence electrons. The van der Waals surface area contributed by atoms with Crippen LogP contribution in [-0.2, 0) is 0 Å². The monoisotopic (exact) mass is 234 g/mol. The van der Waals surface area contributed by atoms with Crippen molar-refractivity contribution in [1.82, 2.24) is 4.98 Å². The molecule has 2 rings (SSSR count). The number of nitrogens with zero attached hydrogens (tertiary/aromatic N) is 1. The number of benzene rings is 1. The van der Waals surface area contributed by atoms with Crippen molar-refractivity contribution in [2.24, 2.45) is 0 Å². The molecule has 0 spiro atoms. The predicted octanol–water partition coefficient (Wildman–Crippen LogP) is 2.60. The van der Waals surface area contributed by atoms with E-state index in [4.69, 9.17) is 5.11 Å². The molecule has 1 atom stereocenters. The van der Waals surface area contributed by atoms with Crippen LogP contribution >= 0.6 is 11.3 Å². The van der Waals surface area contributed by atoms with E-state index in [1.165, 1.54) is 5.56 Å². The maximum Gasteiger partial charge on any atom is 0.183 e. The number of anilines is 1. The van der Waals surface area contributed by atoms with Crippen molar-refractivity contribution in [2.75, 3.05) is 11.9 Å². The van der Waals surface area contributed by atoms with Gasteiger partial charge in [0.2, 0.25) is 0 Å². The lowest BCUT2D eigenvalue weighted by atomic mass is 10.2. The van der Waals surface area contributed by atoms with Crippen LogP contribution in [0.4, 0.5) is 5.13 Å². The molecule has 0 bridgehead atoms. The first-order valence-electron chi connectivity index (χ1n) is 5.19. The lowest BCUT2D eigenvalue weighted by Gasteiger charge is -2.03. The van der Waals surface area contributed by atoms with E-state index in [0.29, 0.717) is 6.54 Å². The predicted molar refractivity (Wildman–Crippen MR) is 67.7 cm³/mol. The normalized spacial score (nSPS) is 12.4. The van der Waals surface area contributed by atoms with E-state index in [1.54, 1.807) is 18.3 Å². The fraction of sp³-hybridized carbons (Fsp3) is 0.250. The second kappa shape index (κ2) is 5.09. The highest BCUT2D eigenvalue weighted by Crippen LogP contribution is 2.28. The molecule has 0 aliphatic heterocycles. The van der Waals surface area contributed by atoms with Crippen molar-refractivity contribution in [3.8, 4) is 10.4 Å². The minimum absolute atomic E-state index is 0.357. The summed E-state index contributed by atoms with van der Waals surface area (Å²) >= 11 is 1.59. The van der Waals surface area contributed by atoms with Crippen LogP contribution in [0.2, 0.25) is 0 Å². The van der Waals surface area contributed by atoms with Gasteiger partial charge >= 0.3 is 0 Å². The molecule has 0 saturated carbocycles. The molecule has 16 heavy (non-hydrogen) atoms. The van der Waals surface area contributed by atoms with Crippen molar-refractivity contribution in [1.29, 1.82) is 0 Å². The average Bonchev–Trinajstić information content (AvgIpc) is 2.76. The fourth-order valence-corrected chi connectivity index (χ4v) is 2.16. The maximum absolute atomic E-state index is 9.15. The zero-order chi connectivity index (χ0) is 11.4. The summed E-state index contributed by atoms with van der Waals surface area (Å²) in [5.74, 6) is 0. The summed E-state index contributed by atoms with van der Waals surface area (Å²) in [4.78, 5) is 5.39. The standard InChI is InChI=1S/C12H14N2OS/c1-9(15)7-13-12-14-8-11(16-12)10-5-3-2-4-6-10/h2-6,8-9,15H,7H2,1H3,(H,13,14). The molecule has 2 aromatic rings. The second-order valence-electron chi connectivity index (χ2n) is 3.63. The van der Waals surface area contributed by atoms with Crippen molar-refractivity contribution >= 4 is 16.5 Å². The van der Waals surface area contributed by atoms with Crippen molar-refractivity contribution in [3.63, 3.8) is 0 Å². The molecule has 4 heteroatoms. The second-order valence-corrected chi connectivity index (χ2v) is 4.66. The van der Waals surface area contributed by atoms with Gasteiger partial charge in [-0.3, -0.25) is 0 Å². The van der Waals surface area contributed by atoms with E-state index in [2.05, 4.69) is 22.4 Å². The van der Waals surface area contributed by atoms with E-state index in [0.717, 1.165) is 10.0 Å². The molecule has 1 heterocycles. The van der Waals surface area contributed by atoms with E-state index in [9.17, 15) is 0 Å². The Morgan fingerprint density at radius 2 is 2.12 bits per heavy atom. The summed E-state index contributed by atoms with van der Waals surface area (Å²) in [5.41, 5.74) is 1.17. The number of thiazole rings is 1. The zero-order valence-corrected chi connectivity index (χ0v) is 9.87. The molecule has 0 aliphatic carbocycles. The third-order valence-corrected chi connectivity index (χ3v) is 3.12. The minimum Gasteiger partial charge on any atom is -0.392 e. The molecule has 1 aromatic carbocycles.